The summed E-state index contributed by atoms with van der Waals surface area (Å²) in [5.74, 6) is 0. The number of benzene rings is 1. The van der Waals surface area contributed by atoms with Gasteiger partial charge in [0.05, 0.1) is 11.7 Å². The summed E-state index contributed by atoms with van der Waals surface area (Å²) >= 11 is 0. The molecule has 0 aliphatic carbocycles. The summed E-state index contributed by atoms with van der Waals surface area (Å²) in [6, 6.07) is 7.98. The van der Waals surface area contributed by atoms with Crippen LogP contribution in [0.2, 0.25) is 0 Å². The third kappa shape index (κ3) is 0.902. The molecule has 11 heavy (non-hydrogen) atoms. The maximum Gasteiger partial charge on any atom is 0.207 e. The summed E-state index contributed by atoms with van der Waals surface area (Å²) in [6.07, 6.45) is 1.26. The molecule has 0 spiro atoms. The minimum Gasteiger partial charge on any atom is -0.287 e. The lowest BCUT2D eigenvalue weighted by Gasteiger charge is -1.91. The van der Waals surface area contributed by atoms with Crippen LogP contribution in [0.5, 0.6) is 0 Å². The molecule has 3 nitrogen and oxygen atoms in total. The Bertz CT molecular complexity index is 428. The SMILES string of the molecule is O=c1cn[nH]c2cc[c]cc12. The molecule has 0 aliphatic rings. The van der Waals surface area contributed by atoms with Crippen molar-refractivity contribution in [1.82, 2.24) is 10.2 Å². The second kappa shape index (κ2) is 2.20. The number of aromatic amines is 1. The first-order valence-electron chi connectivity index (χ1n) is 3.21. The van der Waals surface area contributed by atoms with Gasteiger partial charge in [-0.05, 0) is 18.2 Å². The van der Waals surface area contributed by atoms with Gasteiger partial charge in [0.25, 0.3) is 0 Å². The van der Waals surface area contributed by atoms with Crippen molar-refractivity contribution in [1.29, 1.82) is 0 Å². The van der Waals surface area contributed by atoms with Crippen molar-refractivity contribution in [2.24, 2.45) is 0 Å². The molecule has 1 heterocycles. The van der Waals surface area contributed by atoms with E-state index in [1.165, 1.54) is 6.20 Å². The lowest BCUT2D eigenvalue weighted by atomic mass is 10.2. The number of aromatic nitrogens is 2. The lowest BCUT2D eigenvalue weighted by Crippen LogP contribution is -2.01. The molecule has 1 aromatic heterocycles. The second-order valence-electron chi connectivity index (χ2n) is 2.21. The van der Waals surface area contributed by atoms with Gasteiger partial charge in [-0.25, -0.2) is 0 Å². The van der Waals surface area contributed by atoms with Crippen LogP contribution in [0.25, 0.3) is 10.9 Å². The molecule has 3 heteroatoms. The number of nitrogens with zero attached hydrogens (tertiary/aromatic N) is 1. The summed E-state index contributed by atoms with van der Waals surface area (Å²) < 4.78 is 0. The van der Waals surface area contributed by atoms with E-state index in [2.05, 4.69) is 16.3 Å². The average molecular weight is 145 g/mol. The maximum absolute atomic E-state index is 11.1. The Morgan fingerprint density at radius 1 is 1.55 bits per heavy atom. The highest BCUT2D eigenvalue weighted by atomic mass is 16.1. The van der Waals surface area contributed by atoms with E-state index in [0.717, 1.165) is 5.52 Å². The molecule has 1 radical (unpaired) electrons. The minimum atomic E-state index is -0.0735. The molecule has 0 fully saturated rings. The Hall–Kier alpha value is -1.64. The van der Waals surface area contributed by atoms with Crippen LogP contribution in [-0.4, -0.2) is 10.2 Å². The Kier molecular flexibility index (Phi) is 1.22. The van der Waals surface area contributed by atoms with Crippen molar-refractivity contribution in [3.8, 4) is 0 Å². The minimum absolute atomic E-state index is 0.0735. The maximum atomic E-state index is 11.1. The standard InChI is InChI=1S/C8H5N2O/c11-8-5-9-10-7-4-2-1-3-6(7)8/h2-5H,(H,10,11). The van der Waals surface area contributed by atoms with Gasteiger partial charge >= 0.3 is 0 Å². The van der Waals surface area contributed by atoms with Crippen LogP contribution in [0.1, 0.15) is 0 Å². The molecule has 0 aliphatic heterocycles. The summed E-state index contributed by atoms with van der Waals surface area (Å²) in [4.78, 5) is 11.1. The highest BCUT2D eigenvalue weighted by molar-refractivity contribution is 5.76. The molecule has 0 saturated carbocycles. The highest BCUT2D eigenvalue weighted by Crippen LogP contribution is 2.01. The van der Waals surface area contributed by atoms with Gasteiger partial charge in [0, 0.05) is 5.39 Å². The number of hydrogen-bond donors (Lipinski definition) is 1. The Balaban J connectivity index is 3.03. The zero-order valence-electron chi connectivity index (χ0n) is 5.66. The fraction of sp³-hybridized carbons (Fsp3) is 0. The molecule has 53 valence electrons. The monoisotopic (exact) mass is 145 g/mol. The predicted octanol–water partition coefficient (Wildman–Crippen LogP) is 0.723. The first-order chi connectivity index (χ1) is 5.38. The Morgan fingerprint density at radius 3 is 3.27 bits per heavy atom. The van der Waals surface area contributed by atoms with Gasteiger partial charge in [-0.2, -0.15) is 5.10 Å². The van der Waals surface area contributed by atoms with Gasteiger partial charge in [-0.3, -0.25) is 9.89 Å². The van der Waals surface area contributed by atoms with Crippen molar-refractivity contribution < 1.29 is 0 Å². The van der Waals surface area contributed by atoms with Gasteiger partial charge in [-0.15, -0.1) is 0 Å². The molecule has 2 rings (SSSR count). The van der Waals surface area contributed by atoms with E-state index in [1.807, 2.05) is 0 Å². The van der Waals surface area contributed by atoms with Crippen molar-refractivity contribution in [3.63, 3.8) is 0 Å². The van der Waals surface area contributed by atoms with Crippen LogP contribution in [0, 0.1) is 6.07 Å². The second-order valence-corrected chi connectivity index (χ2v) is 2.21. The van der Waals surface area contributed by atoms with Crippen LogP contribution in [0.3, 0.4) is 0 Å². The topological polar surface area (TPSA) is 45.8 Å². The van der Waals surface area contributed by atoms with Crippen LogP contribution < -0.4 is 5.43 Å². The van der Waals surface area contributed by atoms with Gasteiger partial charge < -0.3 is 0 Å². The third-order valence-corrected chi connectivity index (χ3v) is 1.50. The summed E-state index contributed by atoms with van der Waals surface area (Å²) in [7, 11) is 0. The van der Waals surface area contributed by atoms with Gasteiger partial charge in [-0.1, -0.05) is 6.07 Å². The molecular formula is C8H5N2O. The normalized spacial score (nSPS) is 10.2. The van der Waals surface area contributed by atoms with Crippen molar-refractivity contribution >= 4 is 10.9 Å². The largest absolute Gasteiger partial charge is 0.287 e. The third-order valence-electron chi connectivity index (χ3n) is 1.50. The van der Waals surface area contributed by atoms with E-state index in [1.54, 1.807) is 18.2 Å². The van der Waals surface area contributed by atoms with Crippen LogP contribution in [0.4, 0.5) is 0 Å². The van der Waals surface area contributed by atoms with Crippen LogP contribution in [0.15, 0.2) is 29.2 Å². The molecule has 0 atom stereocenters. The van der Waals surface area contributed by atoms with E-state index >= 15 is 0 Å². The fourth-order valence-corrected chi connectivity index (χ4v) is 0.962. The van der Waals surface area contributed by atoms with Crippen LogP contribution in [-0.2, 0) is 0 Å². The summed E-state index contributed by atoms with van der Waals surface area (Å²) in [5.41, 5.74) is 0.673. The number of fused-ring (bicyclic) bond motifs is 1. The van der Waals surface area contributed by atoms with E-state index < -0.39 is 0 Å². The molecule has 1 N–H and O–H groups in total. The highest BCUT2D eigenvalue weighted by Gasteiger charge is 1.94. The average Bonchev–Trinajstić information content (AvgIpc) is 2.06. The van der Waals surface area contributed by atoms with E-state index in [4.69, 9.17) is 0 Å². The first kappa shape index (κ1) is 6.09. The lowest BCUT2D eigenvalue weighted by molar-refractivity contribution is 1.06. The van der Waals surface area contributed by atoms with Crippen molar-refractivity contribution in [2.45, 2.75) is 0 Å². The molecule has 0 amide bonds. The van der Waals surface area contributed by atoms with Crippen molar-refractivity contribution in [2.75, 3.05) is 0 Å². The first-order valence-corrected chi connectivity index (χ1v) is 3.21. The number of hydrogen-bond acceptors (Lipinski definition) is 2. The number of H-pyrrole nitrogens is 1. The summed E-state index contributed by atoms with van der Waals surface area (Å²) in [5, 5.41) is 7.01. The summed E-state index contributed by atoms with van der Waals surface area (Å²) in [6.45, 7) is 0. The van der Waals surface area contributed by atoms with Crippen molar-refractivity contribution in [3.05, 3.63) is 40.7 Å². The Morgan fingerprint density at radius 2 is 2.45 bits per heavy atom. The quantitative estimate of drug-likeness (QED) is 0.593. The molecule has 0 unspecified atom stereocenters. The smallest absolute Gasteiger partial charge is 0.207 e. The Labute approximate surface area is 62.7 Å². The molecule has 0 saturated heterocycles. The van der Waals surface area contributed by atoms with Gasteiger partial charge in [0.2, 0.25) is 5.43 Å². The zero-order chi connectivity index (χ0) is 7.68. The van der Waals surface area contributed by atoms with Gasteiger partial charge in [0.15, 0.2) is 0 Å². The number of nitrogens with one attached hydrogen (secondary N) is 1. The molecule has 0 bridgehead atoms. The van der Waals surface area contributed by atoms with E-state index in [9.17, 15) is 4.79 Å². The molecule has 1 aromatic carbocycles. The van der Waals surface area contributed by atoms with E-state index in [0.29, 0.717) is 5.39 Å². The molecule has 2 aromatic rings. The predicted molar refractivity (Wildman–Crippen MR) is 41.2 cm³/mol. The van der Waals surface area contributed by atoms with E-state index in [-0.39, 0.29) is 5.43 Å². The fourth-order valence-electron chi connectivity index (χ4n) is 0.962. The molecular weight excluding hydrogens is 140 g/mol. The van der Waals surface area contributed by atoms with Gasteiger partial charge in [0.1, 0.15) is 0 Å². The zero-order valence-corrected chi connectivity index (χ0v) is 5.66. The van der Waals surface area contributed by atoms with Crippen LogP contribution >= 0.6 is 0 Å². The number of rotatable bonds is 0.